The summed E-state index contributed by atoms with van der Waals surface area (Å²) in [5.74, 6) is 2.81. The molecule has 0 radical (unpaired) electrons. The first kappa shape index (κ1) is 14.7. The van der Waals surface area contributed by atoms with Crippen LogP contribution in [0.4, 0.5) is 0 Å². The Kier molecular flexibility index (Phi) is 3.63. The Labute approximate surface area is 128 Å². The van der Waals surface area contributed by atoms with Gasteiger partial charge in [0.05, 0.1) is 6.04 Å². The van der Waals surface area contributed by atoms with Crippen molar-refractivity contribution < 1.29 is 0 Å². The summed E-state index contributed by atoms with van der Waals surface area (Å²) >= 11 is 1.94. The number of aliphatic imine (C=N–C) groups is 1. The number of amidine groups is 1. The van der Waals surface area contributed by atoms with Gasteiger partial charge in [0.25, 0.3) is 0 Å². The van der Waals surface area contributed by atoms with Gasteiger partial charge in [-0.25, -0.2) is 0 Å². The van der Waals surface area contributed by atoms with E-state index in [1.807, 2.05) is 11.8 Å². The van der Waals surface area contributed by atoms with Crippen LogP contribution in [-0.2, 0) is 0 Å². The summed E-state index contributed by atoms with van der Waals surface area (Å²) in [4.78, 5) is 5.24. The molecule has 1 aliphatic heterocycles. The average Bonchev–Trinajstić information content (AvgIpc) is 2.86. The van der Waals surface area contributed by atoms with Crippen molar-refractivity contribution in [2.75, 3.05) is 5.75 Å². The van der Waals surface area contributed by atoms with Crippen LogP contribution < -0.4 is 5.32 Å². The monoisotopic (exact) mass is 294 g/mol. The molecule has 2 aliphatic carbocycles. The molecule has 1 N–H and O–H groups in total. The van der Waals surface area contributed by atoms with E-state index in [1.54, 1.807) is 0 Å². The number of hydrogen-bond donors (Lipinski definition) is 1. The summed E-state index contributed by atoms with van der Waals surface area (Å²) < 4.78 is 0. The molecule has 2 bridgehead atoms. The number of fused-ring (bicyclic) bond motifs is 2. The van der Waals surface area contributed by atoms with Gasteiger partial charge in [-0.05, 0) is 48.3 Å². The van der Waals surface area contributed by atoms with Crippen molar-refractivity contribution in [1.29, 1.82) is 0 Å². The van der Waals surface area contributed by atoms with Crippen LogP contribution >= 0.6 is 11.8 Å². The zero-order chi connectivity index (χ0) is 14.5. The predicted molar refractivity (Wildman–Crippen MR) is 89.3 cm³/mol. The van der Waals surface area contributed by atoms with Gasteiger partial charge in [-0.3, -0.25) is 4.99 Å². The third-order valence-electron chi connectivity index (χ3n) is 6.22. The fourth-order valence-electron chi connectivity index (χ4n) is 4.84. The van der Waals surface area contributed by atoms with Gasteiger partial charge in [0.2, 0.25) is 0 Å². The molecule has 1 saturated heterocycles. The summed E-state index contributed by atoms with van der Waals surface area (Å²) in [6, 6.07) is 1.12. The number of rotatable bonds is 2. The van der Waals surface area contributed by atoms with Crippen LogP contribution in [0.15, 0.2) is 4.99 Å². The maximum atomic E-state index is 5.24. The van der Waals surface area contributed by atoms with E-state index < -0.39 is 0 Å². The van der Waals surface area contributed by atoms with Crippen LogP contribution in [0, 0.1) is 22.7 Å². The van der Waals surface area contributed by atoms with Gasteiger partial charge in [-0.1, -0.05) is 46.4 Å². The predicted octanol–water partition coefficient (Wildman–Crippen LogP) is 4.31. The SMILES string of the molecule is CC(C)C1CCSC(=NC2C3(C)CCC(C3)C2(C)C)N1. The molecular weight excluding hydrogens is 264 g/mol. The Balaban J connectivity index is 1.81. The van der Waals surface area contributed by atoms with Gasteiger partial charge in [0, 0.05) is 11.8 Å². The van der Waals surface area contributed by atoms with E-state index in [0.717, 1.165) is 5.92 Å². The van der Waals surface area contributed by atoms with Crippen molar-refractivity contribution in [2.24, 2.45) is 27.7 Å². The highest BCUT2D eigenvalue weighted by Gasteiger charge is 2.59. The number of hydrogen-bond acceptors (Lipinski definition) is 2. The first-order valence-corrected chi connectivity index (χ1v) is 9.28. The van der Waals surface area contributed by atoms with E-state index in [1.165, 1.54) is 36.6 Å². The molecule has 0 spiro atoms. The van der Waals surface area contributed by atoms with E-state index in [-0.39, 0.29) is 0 Å². The molecule has 4 unspecified atom stereocenters. The zero-order valence-electron chi connectivity index (χ0n) is 13.7. The smallest absolute Gasteiger partial charge is 0.157 e. The lowest BCUT2D eigenvalue weighted by molar-refractivity contribution is 0.142. The fourth-order valence-corrected chi connectivity index (χ4v) is 5.82. The maximum Gasteiger partial charge on any atom is 0.157 e. The van der Waals surface area contributed by atoms with Crippen molar-refractivity contribution in [1.82, 2.24) is 5.32 Å². The summed E-state index contributed by atoms with van der Waals surface area (Å²) in [7, 11) is 0. The zero-order valence-corrected chi connectivity index (χ0v) is 14.5. The molecule has 4 atom stereocenters. The van der Waals surface area contributed by atoms with Crippen LogP contribution in [0.5, 0.6) is 0 Å². The Bertz CT molecular complexity index is 410. The summed E-state index contributed by atoms with van der Waals surface area (Å²) in [6.45, 7) is 12.0. The average molecular weight is 295 g/mol. The summed E-state index contributed by atoms with van der Waals surface area (Å²) in [5, 5.41) is 4.93. The second-order valence-corrected chi connectivity index (χ2v) is 9.47. The minimum Gasteiger partial charge on any atom is -0.362 e. The van der Waals surface area contributed by atoms with Crippen molar-refractivity contribution >= 4 is 16.9 Å². The molecule has 2 nitrogen and oxygen atoms in total. The quantitative estimate of drug-likeness (QED) is 0.821. The van der Waals surface area contributed by atoms with Gasteiger partial charge >= 0.3 is 0 Å². The fraction of sp³-hybridized carbons (Fsp3) is 0.941. The van der Waals surface area contributed by atoms with E-state index in [2.05, 4.69) is 39.9 Å². The molecular formula is C17H30N2S. The maximum absolute atomic E-state index is 5.24. The lowest BCUT2D eigenvalue weighted by atomic mass is 9.69. The molecule has 3 rings (SSSR count). The molecule has 1 heterocycles. The molecule has 2 saturated carbocycles. The highest BCUT2D eigenvalue weighted by molar-refractivity contribution is 8.13. The number of thioether (sulfide) groups is 1. The van der Waals surface area contributed by atoms with Crippen molar-refractivity contribution in [2.45, 2.75) is 72.4 Å². The molecule has 0 amide bonds. The lowest BCUT2D eigenvalue weighted by Gasteiger charge is -2.41. The molecule has 20 heavy (non-hydrogen) atoms. The molecule has 3 heteroatoms. The van der Waals surface area contributed by atoms with Crippen LogP contribution in [0.25, 0.3) is 0 Å². The Morgan fingerprint density at radius 1 is 1.25 bits per heavy atom. The topological polar surface area (TPSA) is 24.4 Å². The van der Waals surface area contributed by atoms with E-state index in [9.17, 15) is 0 Å². The van der Waals surface area contributed by atoms with Crippen molar-refractivity contribution in [3.63, 3.8) is 0 Å². The molecule has 114 valence electrons. The van der Waals surface area contributed by atoms with Crippen molar-refractivity contribution in [3.05, 3.63) is 0 Å². The number of nitrogens with one attached hydrogen (secondary N) is 1. The summed E-state index contributed by atoms with van der Waals surface area (Å²) in [6.07, 6.45) is 5.45. The summed E-state index contributed by atoms with van der Waals surface area (Å²) in [5.41, 5.74) is 0.835. The van der Waals surface area contributed by atoms with Crippen LogP contribution in [0.2, 0.25) is 0 Å². The van der Waals surface area contributed by atoms with Gasteiger partial charge in [0.15, 0.2) is 5.17 Å². The van der Waals surface area contributed by atoms with Crippen LogP contribution in [0.3, 0.4) is 0 Å². The molecule has 3 aliphatic rings. The van der Waals surface area contributed by atoms with E-state index >= 15 is 0 Å². The standard InChI is InChI=1S/C17H30N2S/c1-11(2)13-7-9-20-15(18-13)19-14-16(3,4)12-6-8-17(14,5)10-12/h11-14H,6-10H2,1-5H3,(H,18,19). The van der Waals surface area contributed by atoms with Gasteiger partial charge in [0.1, 0.15) is 0 Å². The first-order chi connectivity index (χ1) is 9.33. The largest absolute Gasteiger partial charge is 0.362 e. The van der Waals surface area contributed by atoms with Crippen LogP contribution in [-0.4, -0.2) is 23.0 Å². The number of nitrogens with zero attached hydrogens (tertiary/aromatic N) is 1. The minimum atomic E-state index is 0.382. The van der Waals surface area contributed by atoms with Crippen LogP contribution in [0.1, 0.15) is 60.3 Å². The highest BCUT2D eigenvalue weighted by atomic mass is 32.2. The molecule has 0 aromatic heterocycles. The minimum absolute atomic E-state index is 0.382. The third-order valence-corrected chi connectivity index (χ3v) is 7.16. The Morgan fingerprint density at radius 2 is 2.00 bits per heavy atom. The second-order valence-electron chi connectivity index (χ2n) is 8.38. The first-order valence-electron chi connectivity index (χ1n) is 8.30. The third kappa shape index (κ3) is 2.30. The van der Waals surface area contributed by atoms with E-state index in [4.69, 9.17) is 4.99 Å². The lowest BCUT2D eigenvalue weighted by Crippen LogP contribution is -2.45. The van der Waals surface area contributed by atoms with Crippen molar-refractivity contribution in [3.8, 4) is 0 Å². The van der Waals surface area contributed by atoms with Gasteiger partial charge in [-0.2, -0.15) is 0 Å². The van der Waals surface area contributed by atoms with E-state index in [0.29, 0.717) is 28.8 Å². The normalized spacial score (nSPS) is 45.1. The Hall–Kier alpha value is -0.180. The molecule has 0 aromatic rings. The van der Waals surface area contributed by atoms with Gasteiger partial charge in [-0.15, -0.1) is 0 Å². The second kappa shape index (κ2) is 4.93. The van der Waals surface area contributed by atoms with Gasteiger partial charge < -0.3 is 5.32 Å². The molecule has 3 fully saturated rings. The highest BCUT2D eigenvalue weighted by Crippen LogP contribution is 2.63. The molecule has 0 aromatic carbocycles. The Morgan fingerprint density at radius 3 is 2.60 bits per heavy atom.